The first-order chi connectivity index (χ1) is 12.1. The summed E-state index contributed by atoms with van der Waals surface area (Å²) in [5.41, 5.74) is 3.00. The lowest BCUT2D eigenvalue weighted by atomic mass is 9.59. The van der Waals surface area contributed by atoms with Crippen molar-refractivity contribution >= 4 is 5.97 Å². The number of carbonyl (C=O) groups excluding carboxylic acids is 1. The van der Waals surface area contributed by atoms with Crippen molar-refractivity contribution in [2.45, 2.75) is 52.2 Å². The molecule has 1 aromatic heterocycles. The zero-order valence-corrected chi connectivity index (χ0v) is 15.2. The Morgan fingerprint density at radius 1 is 1.36 bits per heavy atom. The molecule has 1 aromatic rings. The van der Waals surface area contributed by atoms with Crippen molar-refractivity contribution in [1.82, 2.24) is 10.3 Å². The molecule has 4 heteroatoms. The van der Waals surface area contributed by atoms with Crippen LogP contribution in [0.15, 0.2) is 36.2 Å². The summed E-state index contributed by atoms with van der Waals surface area (Å²) in [6.45, 7) is 6.15. The minimum atomic E-state index is -0.0574. The first-order valence-corrected chi connectivity index (χ1v) is 9.59. The monoisotopic (exact) mass is 340 g/mol. The van der Waals surface area contributed by atoms with Gasteiger partial charge in [0.05, 0.1) is 5.92 Å². The van der Waals surface area contributed by atoms with E-state index in [2.05, 4.69) is 30.2 Å². The molecule has 3 aliphatic rings. The van der Waals surface area contributed by atoms with Crippen molar-refractivity contribution in [2.24, 2.45) is 23.2 Å². The largest absolute Gasteiger partial charge is 0.461 e. The van der Waals surface area contributed by atoms with Gasteiger partial charge in [0.2, 0.25) is 0 Å². The van der Waals surface area contributed by atoms with E-state index in [9.17, 15) is 4.79 Å². The molecule has 0 radical (unpaired) electrons. The molecule has 0 spiro atoms. The van der Waals surface area contributed by atoms with Gasteiger partial charge in [0.15, 0.2) is 0 Å². The van der Waals surface area contributed by atoms with Crippen molar-refractivity contribution in [3.05, 3.63) is 41.7 Å². The molecule has 1 saturated heterocycles. The van der Waals surface area contributed by atoms with Gasteiger partial charge in [-0.2, -0.15) is 0 Å². The smallest absolute Gasteiger partial charge is 0.311 e. The molecule has 4 nitrogen and oxygen atoms in total. The summed E-state index contributed by atoms with van der Waals surface area (Å²) in [4.78, 5) is 16.5. The Hall–Kier alpha value is -1.68. The average Bonchev–Trinajstić information content (AvgIpc) is 2.88. The van der Waals surface area contributed by atoms with E-state index in [1.165, 1.54) is 24.8 Å². The van der Waals surface area contributed by atoms with Crippen LogP contribution in [0.3, 0.4) is 0 Å². The second-order valence-corrected chi connectivity index (χ2v) is 8.33. The Morgan fingerprint density at radius 2 is 2.16 bits per heavy atom. The summed E-state index contributed by atoms with van der Waals surface area (Å²) in [5, 5.41) is 3.44. The van der Waals surface area contributed by atoms with E-state index in [-0.39, 0.29) is 29.3 Å². The van der Waals surface area contributed by atoms with Gasteiger partial charge in [-0.25, -0.2) is 0 Å². The Labute approximate surface area is 150 Å². The van der Waals surface area contributed by atoms with Crippen LogP contribution in [0.1, 0.15) is 45.1 Å². The van der Waals surface area contributed by atoms with Gasteiger partial charge in [0.1, 0.15) is 6.10 Å². The maximum atomic E-state index is 12.5. The number of fused-ring (bicyclic) bond motifs is 2. The summed E-state index contributed by atoms with van der Waals surface area (Å²) in [6.07, 6.45) is 10.9. The number of allylic oxidation sites excluding steroid dienone is 1. The third-order valence-corrected chi connectivity index (χ3v) is 6.52. The number of aromatic nitrogens is 1. The molecule has 2 heterocycles. The SMILES string of the molecule is CC1CCCC2(C)CC3OC(=O)C(CNCc4ccncc4)C3C=C12. The number of esters is 1. The topological polar surface area (TPSA) is 51.2 Å². The number of nitrogens with zero attached hydrogens (tertiary/aromatic N) is 1. The maximum absolute atomic E-state index is 12.5. The summed E-state index contributed by atoms with van der Waals surface area (Å²) < 4.78 is 5.80. The van der Waals surface area contributed by atoms with Gasteiger partial charge in [0, 0.05) is 31.4 Å². The lowest BCUT2D eigenvalue weighted by molar-refractivity contribution is -0.145. The van der Waals surface area contributed by atoms with E-state index in [1.54, 1.807) is 18.0 Å². The van der Waals surface area contributed by atoms with Crippen LogP contribution < -0.4 is 5.32 Å². The summed E-state index contributed by atoms with van der Waals surface area (Å²) >= 11 is 0. The fourth-order valence-corrected chi connectivity index (χ4v) is 5.15. The van der Waals surface area contributed by atoms with Crippen LogP contribution in [0.4, 0.5) is 0 Å². The Bertz CT molecular complexity index is 672. The highest BCUT2D eigenvalue weighted by molar-refractivity contribution is 5.76. The molecule has 2 aliphatic carbocycles. The van der Waals surface area contributed by atoms with Crippen molar-refractivity contribution in [1.29, 1.82) is 0 Å². The van der Waals surface area contributed by atoms with Gasteiger partial charge in [-0.15, -0.1) is 0 Å². The molecule has 5 atom stereocenters. The molecule has 25 heavy (non-hydrogen) atoms. The molecule has 134 valence electrons. The fourth-order valence-electron chi connectivity index (χ4n) is 5.15. The first kappa shape index (κ1) is 16.8. The van der Waals surface area contributed by atoms with Crippen LogP contribution in [-0.2, 0) is 16.1 Å². The first-order valence-electron chi connectivity index (χ1n) is 9.59. The van der Waals surface area contributed by atoms with Crippen LogP contribution in [0, 0.1) is 23.2 Å². The number of rotatable bonds is 4. The zero-order valence-electron chi connectivity index (χ0n) is 15.2. The lowest BCUT2D eigenvalue weighted by Crippen LogP contribution is -2.40. The van der Waals surface area contributed by atoms with E-state index in [0.29, 0.717) is 12.5 Å². The summed E-state index contributed by atoms with van der Waals surface area (Å²) in [6, 6.07) is 4.00. The zero-order chi connectivity index (χ0) is 17.4. The van der Waals surface area contributed by atoms with Gasteiger partial charge < -0.3 is 10.1 Å². The van der Waals surface area contributed by atoms with Gasteiger partial charge in [-0.3, -0.25) is 9.78 Å². The van der Waals surface area contributed by atoms with Crippen LogP contribution in [0.5, 0.6) is 0 Å². The van der Waals surface area contributed by atoms with Gasteiger partial charge in [-0.05, 0) is 48.3 Å². The molecule has 2 fully saturated rings. The summed E-state index contributed by atoms with van der Waals surface area (Å²) in [5.74, 6) is 0.795. The summed E-state index contributed by atoms with van der Waals surface area (Å²) in [7, 11) is 0. The molecule has 0 bridgehead atoms. The standard InChI is InChI=1S/C21H28N2O2/c1-14-4-3-7-21(2)11-19-16(10-18(14)21)17(20(24)25-19)13-23-12-15-5-8-22-9-6-15/h5-6,8-10,14,16-17,19,23H,3-4,7,11-13H2,1-2H3. The molecule has 4 rings (SSSR count). The average molecular weight is 340 g/mol. The molecule has 1 aliphatic heterocycles. The Morgan fingerprint density at radius 3 is 2.96 bits per heavy atom. The molecular weight excluding hydrogens is 312 g/mol. The van der Waals surface area contributed by atoms with Crippen molar-refractivity contribution in [3.63, 3.8) is 0 Å². The number of nitrogens with one attached hydrogen (secondary N) is 1. The lowest BCUT2D eigenvalue weighted by Gasteiger charge is -2.46. The van der Waals surface area contributed by atoms with E-state index in [1.807, 2.05) is 12.1 Å². The quantitative estimate of drug-likeness (QED) is 0.673. The predicted molar refractivity (Wildman–Crippen MR) is 96.6 cm³/mol. The maximum Gasteiger partial charge on any atom is 0.311 e. The minimum Gasteiger partial charge on any atom is -0.461 e. The van der Waals surface area contributed by atoms with Gasteiger partial charge >= 0.3 is 5.97 Å². The van der Waals surface area contributed by atoms with Crippen LogP contribution in [0.25, 0.3) is 0 Å². The van der Waals surface area contributed by atoms with Crippen LogP contribution in [-0.4, -0.2) is 23.6 Å². The van der Waals surface area contributed by atoms with Gasteiger partial charge in [0.25, 0.3) is 0 Å². The number of pyridine rings is 1. The Balaban J connectivity index is 1.47. The van der Waals surface area contributed by atoms with E-state index >= 15 is 0 Å². The molecule has 0 aromatic carbocycles. The van der Waals surface area contributed by atoms with Crippen molar-refractivity contribution < 1.29 is 9.53 Å². The van der Waals surface area contributed by atoms with E-state index in [4.69, 9.17) is 4.74 Å². The van der Waals surface area contributed by atoms with Crippen LogP contribution >= 0.6 is 0 Å². The molecule has 1 N–H and O–H groups in total. The molecule has 1 saturated carbocycles. The Kier molecular flexibility index (Phi) is 4.40. The van der Waals surface area contributed by atoms with E-state index in [0.717, 1.165) is 13.0 Å². The molecule has 0 amide bonds. The predicted octanol–water partition coefficient (Wildman–Crippen LogP) is 3.49. The fraction of sp³-hybridized carbons (Fsp3) is 0.619. The number of ether oxygens (including phenoxy) is 1. The van der Waals surface area contributed by atoms with Crippen LogP contribution in [0.2, 0.25) is 0 Å². The highest BCUT2D eigenvalue weighted by Gasteiger charge is 2.51. The molecular formula is C21H28N2O2. The second kappa shape index (κ2) is 6.56. The van der Waals surface area contributed by atoms with E-state index < -0.39 is 0 Å². The normalized spacial score (nSPS) is 37.0. The van der Waals surface area contributed by atoms with Crippen molar-refractivity contribution in [3.8, 4) is 0 Å². The highest BCUT2D eigenvalue weighted by atomic mass is 16.6. The van der Waals surface area contributed by atoms with Gasteiger partial charge in [-0.1, -0.05) is 31.9 Å². The van der Waals surface area contributed by atoms with Crippen molar-refractivity contribution in [2.75, 3.05) is 6.54 Å². The number of hydrogen-bond donors (Lipinski definition) is 1. The molecule has 5 unspecified atom stereocenters. The minimum absolute atomic E-state index is 0.0241. The third-order valence-electron chi connectivity index (χ3n) is 6.52. The number of carbonyl (C=O) groups is 1. The number of hydrogen-bond acceptors (Lipinski definition) is 4. The second-order valence-electron chi connectivity index (χ2n) is 8.33. The third kappa shape index (κ3) is 3.12. The highest BCUT2D eigenvalue weighted by Crippen LogP contribution is 2.53.